The summed E-state index contributed by atoms with van der Waals surface area (Å²) in [4.78, 5) is 4.34. The zero-order valence-corrected chi connectivity index (χ0v) is 9.71. The van der Waals surface area contributed by atoms with Crippen molar-refractivity contribution in [1.82, 2.24) is 5.32 Å². The molecular weight excluding hydrogens is 204 g/mol. The fraction of sp³-hybridized carbons (Fsp3) is 0.875. The molecule has 5 heteroatoms. The molecule has 1 fully saturated rings. The lowest BCUT2D eigenvalue weighted by molar-refractivity contribution is 0.683. The maximum atomic E-state index is 11.1. The SMILES string of the molecule is CCS(=O)CCN=C1NC(C)CS1. The summed E-state index contributed by atoms with van der Waals surface area (Å²) in [6, 6.07) is 0.528. The molecule has 13 heavy (non-hydrogen) atoms. The van der Waals surface area contributed by atoms with Gasteiger partial charge in [-0.05, 0) is 6.92 Å². The topological polar surface area (TPSA) is 41.5 Å². The van der Waals surface area contributed by atoms with Crippen molar-refractivity contribution in [2.24, 2.45) is 4.99 Å². The minimum Gasteiger partial charge on any atom is -0.362 e. The van der Waals surface area contributed by atoms with E-state index >= 15 is 0 Å². The van der Waals surface area contributed by atoms with Crippen molar-refractivity contribution in [3.8, 4) is 0 Å². The summed E-state index contributed by atoms with van der Waals surface area (Å²) < 4.78 is 11.1. The molecule has 1 aliphatic heterocycles. The van der Waals surface area contributed by atoms with Gasteiger partial charge in [0.1, 0.15) is 0 Å². The lowest BCUT2D eigenvalue weighted by atomic mass is 10.4. The molecule has 2 atom stereocenters. The van der Waals surface area contributed by atoms with Crippen molar-refractivity contribution in [1.29, 1.82) is 0 Å². The van der Waals surface area contributed by atoms with Gasteiger partial charge in [-0.2, -0.15) is 0 Å². The average Bonchev–Trinajstić information content (AvgIpc) is 2.51. The van der Waals surface area contributed by atoms with Gasteiger partial charge in [0.2, 0.25) is 0 Å². The minimum atomic E-state index is -0.680. The Balaban J connectivity index is 2.21. The first-order chi connectivity index (χ1) is 6.22. The highest BCUT2D eigenvalue weighted by atomic mass is 32.2. The predicted octanol–water partition coefficient (Wildman–Crippen LogP) is 0.836. The van der Waals surface area contributed by atoms with E-state index in [4.69, 9.17) is 0 Å². The van der Waals surface area contributed by atoms with Gasteiger partial charge in [-0.15, -0.1) is 0 Å². The average molecular weight is 220 g/mol. The molecule has 0 aromatic heterocycles. The van der Waals surface area contributed by atoms with Gasteiger partial charge in [0.25, 0.3) is 0 Å². The number of nitrogens with zero attached hydrogens (tertiary/aromatic N) is 1. The molecule has 3 nitrogen and oxygen atoms in total. The highest BCUT2D eigenvalue weighted by molar-refractivity contribution is 8.14. The van der Waals surface area contributed by atoms with Crippen LogP contribution < -0.4 is 5.32 Å². The van der Waals surface area contributed by atoms with Crippen molar-refractivity contribution in [3.05, 3.63) is 0 Å². The molecule has 1 saturated heterocycles. The molecule has 0 spiro atoms. The number of nitrogens with one attached hydrogen (secondary N) is 1. The first-order valence-electron chi connectivity index (χ1n) is 4.51. The Morgan fingerprint density at radius 2 is 2.54 bits per heavy atom. The first kappa shape index (κ1) is 11.0. The van der Waals surface area contributed by atoms with Crippen molar-refractivity contribution in [2.75, 3.05) is 23.8 Å². The summed E-state index contributed by atoms with van der Waals surface area (Å²) in [5, 5.41) is 4.27. The molecule has 1 aliphatic rings. The van der Waals surface area contributed by atoms with E-state index < -0.39 is 10.8 Å². The van der Waals surface area contributed by atoms with Gasteiger partial charge >= 0.3 is 0 Å². The fourth-order valence-electron chi connectivity index (χ4n) is 0.983. The van der Waals surface area contributed by atoms with E-state index in [1.54, 1.807) is 11.8 Å². The van der Waals surface area contributed by atoms with E-state index in [1.165, 1.54) is 0 Å². The fourth-order valence-corrected chi connectivity index (χ4v) is 2.52. The zero-order chi connectivity index (χ0) is 9.68. The third-order valence-electron chi connectivity index (χ3n) is 1.74. The summed E-state index contributed by atoms with van der Waals surface area (Å²) in [5.41, 5.74) is 0. The van der Waals surface area contributed by atoms with Crippen LogP contribution in [0.5, 0.6) is 0 Å². The maximum Gasteiger partial charge on any atom is 0.156 e. The van der Waals surface area contributed by atoms with Crippen molar-refractivity contribution >= 4 is 27.7 Å². The van der Waals surface area contributed by atoms with Crippen molar-refractivity contribution < 1.29 is 4.21 Å². The molecule has 0 aliphatic carbocycles. The van der Waals surface area contributed by atoms with Crippen LogP contribution in [0.2, 0.25) is 0 Å². The van der Waals surface area contributed by atoms with E-state index in [0.717, 1.165) is 16.7 Å². The second-order valence-corrected chi connectivity index (χ2v) is 5.85. The standard InChI is InChI=1S/C8H16N2OS2/c1-3-13(11)5-4-9-8-10-7(2)6-12-8/h7H,3-6H2,1-2H3,(H,9,10). The number of amidine groups is 1. The molecule has 0 aromatic rings. The van der Waals surface area contributed by atoms with E-state index in [1.807, 2.05) is 6.92 Å². The molecule has 0 saturated carbocycles. The molecule has 76 valence electrons. The number of rotatable bonds is 4. The van der Waals surface area contributed by atoms with Crippen LogP contribution in [0, 0.1) is 0 Å². The molecule has 1 rings (SSSR count). The second-order valence-electron chi connectivity index (χ2n) is 2.98. The number of hydrogen-bond acceptors (Lipinski definition) is 3. The van der Waals surface area contributed by atoms with Crippen LogP contribution in [0.4, 0.5) is 0 Å². The van der Waals surface area contributed by atoms with Crippen LogP contribution in [-0.2, 0) is 10.8 Å². The number of hydrogen-bond donors (Lipinski definition) is 1. The van der Waals surface area contributed by atoms with Gasteiger partial charge in [-0.3, -0.25) is 9.20 Å². The minimum absolute atomic E-state index is 0.528. The third kappa shape index (κ3) is 4.13. The predicted molar refractivity (Wildman–Crippen MR) is 60.9 cm³/mol. The Bertz CT molecular complexity index is 218. The van der Waals surface area contributed by atoms with Gasteiger partial charge in [0, 0.05) is 34.1 Å². The van der Waals surface area contributed by atoms with E-state index in [-0.39, 0.29) is 0 Å². The lowest BCUT2D eigenvalue weighted by Gasteiger charge is -2.00. The Hall–Kier alpha value is -0.0300. The van der Waals surface area contributed by atoms with Crippen LogP contribution in [0.15, 0.2) is 4.99 Å². The summed E-state index contributed by atoms with van der Waals surface area (Å²) in [6.07, 6.45) is 0. The van der Waals surface area contributed by atoms with Gasteiger partial charge < -0.3 is 5.32 Å². The van der Waals surface area contributed by atoms with E-state index in [9.17, 15) is 4.21 Å². The Kier molecular flexibility index (Phi) is 4.80. The lowest BCUT2D eigenvalue weighted by Crippen LogP contribution is -2.23. The molecule has 0 bridgehead atoms. The third-order valence-corrected chi connectivity index (χ3v) is 4.21. The molecule has 1 N–H and O–H groups in total. The smallest absolute Gasteiger partial charge is 0.156 e. The molecule has 0 amide bonds. The van der Waals surface area contributed by atoms with Crippen LogP contribution in [-0.4, -0.2) is 39.2 Å². The largest absolute Gasteiger partial charge is 0.362 e. The molecular formula is C8H16N2OS2. The Morgan fingerprint density at radius 3 is 3.08 bits per heavy atom. The van der Waals surface area contributed by atoms with Crippen LogP contribution in [0.1, 0.15) is 13.8 Å². The van der Waals surface area contributed by atoms with E-state index in [2.05, 4.69) is 17.2 Å². The van der Waals surface area contributed by atoms with Gasteiger partial charge in [0.05, 0.1) is 6.54 Å². The zero-order valence-electron chi connectivity index (χ0n) is 8.08. The summed E-state index contributed by atoms with van der Waals surface area (Å²) in [6.45, 7) is 4.76. The van der Waals surface area contributed by atoms with Crippen LogP contribution >= 0.6 is 11.8 Å². The van der Waals surface area contributed by atoms with Crippen molar-refractivity contribution in [3.63, 3.8) is 0 Å². The van der Waals surface area contributed by atoms with Gasteiger partial charge in [-0.1, -0.05) is 18.7 Å². The Morgan fingerprint density at radius 1 is 1.77 bits per heavy atom. The monoisotopic (exact) mass is 220 g/mol. The molecule has 2 unspecified atom stereocenters. The molecule has 1 heterocycles. The summed E-state index contributed by atoms with van der Waals surface area (Å²) in [7, 11) is -0.680. The molecule has 0 radical (unpaired) electrons. The number of aliphatic imine (C=N–C) groups is 1. The quantitative estimate of drug-likeness (QED) is 0.763. The summed E-state index contributed by atoms with van der Waals surface area (Å²) in [5.74, 6) is 2.52. The first-order valence-corrected chi connectivity index (χ1v) is 6.98. The Labute approximate surface area is 86.2 Å². The molecule has 0 aromatic carbocycles. The normalized spacial score (nSPS) is 27.5. The number of thioether (sulfide) groups is 1. The maximum absolute atomic E-state index is 11.1. The van der Waals surface area contributed by atoms with Crippen LogP contribution in [0.3, 0.4) is 0 Å². The second kappa shape index (κ2) is 5.65. The summed E-state index contributed by atoms with van der Waals surface area (Å²) >= 11 is 1.75. The van der Waals surface area contributed by atoms with Gasteiger partial charge in [-0.25, -0.2) is 0 Å². The highest BCUT2D eigenvalue weighted by Gasteiger charge is 2.14. The van der Waals surface area contributed by atoms with Gasteiger partial charge in [0.15, 0.2) is 5.17 Å². The van der Waals surface area contributed by atoms with Crippen LogP contribution in [0.25, 0.3) is 0 Å². The van der Waals surface area contributed by atoms with Crippen molar-refractivity contribution in [2.45, 2.75) is 19.9 Å². The highest BCUT2D eigenvalue weighted by Crippen LogP contribution is 2.12. The van der Waals surface area contributed by atoms with E-state index in [0.29, 0.717) is 18.3 Å².